The van der Waals surface area contributed by atoms with Crippen molar-refractivity contribution in [2.24, 2.45) is 5.92 Å². The normalized spacial score (nSPS) is 13.4. The first-order valence-corrected chi connectivity index (χ1v) is 8.43. The fourth-order valence-electron chi connectivity index (χ4n) is 1.92. The number of allylic oxidation sites excluding steroid dienone is 1. The predicted molar refractivity (Wildman–Crippen MR) is 97.5 cm³/mol. The van der Waals surface area contributed by atoms with Gasteiger partial charge in [0.1, 0.15) is 5.54 Å². The van der Waals surface area contributed by atoms with Crippen molar-refractivity contribution >= 4 is 23.3 Å². The maximum atomic E-state index is 12.2. The van der Waals surface area contributed by atoms with E-state index in [4.69, 9.17) is 4.74 Å². The van der Waals surface area contributed by atoms with Crippen LogP contribution in [0.25, 0.3) is 0 Å². The zero-order valence-electron chi connectivity index (χ0n) is 16.0. The number of nitriles is 1. The van der Waals surface area contributed by atoms with Gasteiger partial charge in [0.15, 0.2) is 6.61 Å². The highest BCUT2D eigenvalue weighted by Crippen LogP contribution is 2.19. The number of carbonyl (C=O) groups excluding carboxylic acids is 3. The number of benzene rings is 1. The van der Waals surface area contributed by atoms with Gasteiger partial charge >= 0.3 is 12.1 Å². The van der Waals surface area contributed by atoms with Crippen molar-refractivity contribution in [3.05, 3.63) is 42.1 Å². The van der Waals surface area contributed by atoms with E-state index >= 15 is 0 Å². The Morgan fingerprint density at radius 1 is 1.24 bits per heavy atom. The minimum Gasteiger partial charge on any atom is -0.452 e. The molecule has 1 atom stereocenters. The number of rotatable bonds is 8. The molecule has 156 valence electrons. The molecule has 0 bridgehead atoms. The molecule has 0 spiro atoms. The molecular formula is C19H20F3N3O4. The second kappa shape index (κ2) is 9.73. The fourth-order valence-corrected chi connectivity index (χ4v) is 1.92. The Morgan fingerprint density at radius 2 is 1.86 bits per heavy atom. The summed E-state index contributed by atoms with van der Waals surface area (Å²) >= 11 is 0. The van der Waals surface area contributed by atoms with Gasteiger partial charge in [-0.3, -0.25) is 9.59 Å². The van der Waals surface area contributed by atoms with Crippen LogP contribution < -0.4 is 10.6 Å². The highest BCUT2D eigenvalue weighted by molar-refractivity contribution is 5.98. The Morgan fingerprint density at radius 3 is 2.41 bits per heavy atom. The van der Waals surface area contributed by atoms with Gasteiger partial charge in [0.05, 0.1) is 17.3 Å². The lowest BCUT2D eigenvalue weighted by atomic mass is 9.90. The quantitative estimate of drug-likeness (QED) is 0.503. The molecule has 7 nitrogen and oxygen atoms in total. The van der Waals surface area contributed by atoms with Crippen molar-refractivity contribution in [2.45, 2.75) is 32.5 Å². The number of amides is 1. The fraction of sp³-hybridized carbons (Fsp3) is 0.368. The van der Waals surface area contributed by atoms with Gasteiger partial charge in [0.2, 0.25) is 0 Å². The minimum absolute atomic E-state index is 0.0590. The second-order valence-electron chi connectivity index (χ2n) is 6.48. The molecule has 2 N–H and O–H groups in total. The number of halogens is 3. The molecule has 0 aliphatic carbocycles. The van der Waals surface area contributed by atoms with Crippen molar-refractivity contribution in [3.63, 3.8) is 0 Å². The van der Waals surface area contributed by atoms with Crippen LogP contribution in [-0.2, 0) is 14.3 Å². The molecule has 0 fully saturated rings. The van der Waals surface area contributed by atoms with Crippen LogP contribution in [0.3, 0.4) is 0 Å². The highest BCUT2D eigenvalue weighted by atomic mass is 19.4. The van der Waals surface area contributed by atoms with Crippen LogP contribution in [0.15, 0.2) is 36.5 Å². The molecule has 1 rings (SSSR count). The summed E-state index contributed by atoms with van der Waals surface area (Å²) in [5, 5.41) is 14.1. The first-order valence-electron chi connectivity index (χ1n) is 8.43. The van der Waals surface area contributed by atoms with Crippen molar-refractivity contribution in [1.29, 1.82) is 5.26 Å². The van der Waals surface area contributed by atoms with E-state index in [9.17, 15) is 32.8 Å². The van der Waals surface area contributed by atoms with E-state index in [1.807, 2.05) is 6.07 Å². The van der Waals surface area contributed by atoms with Gasteiger partial charge in [-0.05, 0) is 25.0 Å². The van der Waals surface area contributed by atoms with E-state index in [-0.39, 0.29) is 23.2 Å². The molecule has 0 saturated carbocycles. The topological polar surface area (TPSA) is 108 Å². The molecular weight excluding hydrogens is 391 g/mol. The lowest BCUT2D eigenvalue weighted by Crippen LogP contribution is -2.50. The first kappa shape index (κ1) is 23.7. The van der Waals surface area contributed by atoms with Gasteiger partial charge in [-0.2, -0.15) is 18.4 Å². The summed E-state index contributed by atoms with van der Waals surface area (Å²) < 4.78 is 41.5. The SMILES string of the molecule is CC(C)[C@](C)(C#N)NC(=O)COC(=O)c1ccccc1N/C=C/C(=O)C(F)(F)F. The van der Waals surface area contributed by atoms with Crippen LogP contribution in [0.5, 0.6) is 0 Å². The Hall–Kier alpha value is -3.35. The van der Waals surface area contributed by atoms with Gasteiger partial charge in [-0.15, -0.1) is 0 Å². The monoisotopic (exact) mass is 411 g/mol. The van der Waals surface area contributed by atoms with Gasteiger partial charge < -0.3 is 15.4 Å². The first-order chi connectivity index (χ1) is 13.4. The van der Waals surface area contributed by atoms with Gasteiger partial charge in [0.25, 0.3) is 11.7 Å². The van der Waals surface area contributed by atoms with E-state index in [1.165, 1.54) is 31.2 Å². The van der Waals surface area contributed by atoms with E-state index in [1.54, 1.807) is 13.8 Å². The Balaban J connectivity index is 2.77. The molecule has 10 heteroatoms. The maximum Gasteiger partial charge on any atom is 0.454 e. The van der Waals surface area contributed by atoms with Crippen LogP contribution in [0, 0.1) is 17.2 Å². The number of ketones is 1. The summed E-state index contributed by atoms with van der Waals surface area (Å²) in [7, 11) is 0. The van der Waals surface area contributed by atoms with Crippen molar-refractivity contribution in [2.75, 3.05) is 11.9 Å². The van der Waals surface area contributed by atoms with Crippen LogP contribution in [0.4, 0.5) is 18.9 Å². The van der Waals surface area contributed by atoms with Crippen molar-refractivity contribution in [3.8, 4) is 6.07 Å². The zero-order chi connectivity index (χ0) is 22.2. The number of alkyl halides is 3. The van der Waals surface area contributed by atoms with Gasteiger partial charge in [-0.25, -0.2) is 4.79 Å². The minimum atomic E-state index is -5.00. The molecule has 0 unspecified atom stereocenters. The maximum absolute atomic E-state index is 12.2. The van der Waals surface area contributed by atoms with E-state index < -0.39 is 36.0 Å². The average molecular weight is 411 g/mol. The van der Waals surface area contributed by atoms with Crippen LogP contribution in [0.1, 0.15) is 31.1 Å². The Bertz CT molecular complexity index is 844. The number of anilines is 1. The summed E-state index contributed by atoms with van der Waals surface area (Å²) in [5.41, 5.74) is -1.12. The largest absolute Gasteiger partial charge is 0.454 e. The summed E-state index contributed by atoms with van der Waals surface area (Å²) in [6, 6.07) is 7.68. The summed E-state index contributed by atoms with van der Waals surface area (Å²) in [5.74, 6) is -3.85. The standard InChI is InChI=1S/C19H20F3N3O4/c1-12(2)18(3,11-23)25-16(27)10-29-17(28)13-6-4-5-7-14(13)24-9-8-15(26)19(20,21)22/h4-9,12,24H,10H2,1-3H3,(H,25,27)/b9-8+/t18-/m0/s1. The van der Waals surface area contributed by atoms with Crippen molar-refractivity contribution < 1.29 is 32.3 Å². The lowest BCUT2D eigenvalue weighted by molar-refractivity contribution is -0.165. The molecule has 29 heavy (non-hydrogen) atoms. The third-order valence-corrected chi connectivity index (χ3v) is 4.02. The smallest absolute Gasteiger partial charge is 0.452 e. The molecule has 0 radical (unpaired) electrons. The van der Waals surface area contributed by atoms with E-state index in [0.29, 0.717) is 0 Å². The zero-order valence-corrected chi connectivity index (χ0v) is 16.0. The number of nitrogens with zero attached hydrogens (tertiary/aromatic N) is 1. The summed E-state index contributed by atoms with van der Waals surface area (Å²) in [6.45, 7) is 4.37. The van der Waals surface area contributed by atoms with E-state index in [2.05, 4.69) is 10.6 Å². The molecule has 0 aliphatic heterocycles. The Labute approximate surface area is 165 Å². The predicted octanol–water partition coefficient (Wildman–Crippen LogP) is 2.95. The molecule has 0 heterocycles. The number of ether oxygens (including phenoxy) is 1. The number of para-hydroxylation sites is 1. The van der Waals surface area contributed by atoms with Crippen LogP contribution in [0.2, 0.25) is 0 Å². The summed E-state index contributed by atoms with van der Waals surface area (Å²) in [6.07, 6.45) is -3.97. The van der Waals surface area contributed by atoms with Crippen LogP contribution >= 0.6 is 0 Å². The van der Waals surface area contributed by atoms with E-state index in [0.717, 1.165) is 6.20 Å². The average Bonchev–Trinajstić information content (AvgIpc) is 2.65. The number of hydrogen-bond donors (Lipinski definition) is 2. The molecule has 0 saturated heterocycles. The lowest BCUT2D eigenvalue weighted by Gasteiger charge is -2.27. The summed E-state index contributed by atoms with van der Waals surface area (Å²) in [4.78, 5) is 35.0. The number of nitrogens with one attached hydrogen (secondary N) is 2. The molecule has 1 aromatic rings. The molecule has 1 amide bonds. The molecule has 0 aromatic heterocycles. The van der Waals surface area contributed by atoms with Crippen LogP contribution in [-0.4, -0.2) is 36.0 Å². The Kier molecular flexibility index (Phi) is 7.95. The van der Waals surface area contributed by atoms with Gasteiger partial charge in [-0.1, -0.05) is 26.0 Å². The number of carbonyl (C=O) groups is 3. The third-order valence-electron chi connectivity index (χ3n) is 4.02. The molecule has 0 aliphatic rings. The second-order valence-corrected chi connectivity index (χ2v) is 6.48. The molecule has 1 aromatic carbocycles. The third kappa shape index (κ3) is 6.95. The number of hydrogen-bond acceptors (Lipinski definition) is 6. The highest BCUT2D eigenvalue weighted by Gasteiger charge is 2.36. The number of esters is 1. The van der Waals surface area contributed by atoms with Crippen molar-refractivity contribution in [1.82, 2.24) is 5.32 Å². The van der Waals surface area contributed by atoms with Gasteiger partial charge in [0, 0.05) is 12.3 Å².